The number of hydrogen-bond acceptors (Lipinski definition) is 2. The molecule has 0 spiro atoms. The maximum Gasteiger partial charge on any atom is 0.229 e. The molecule has 1 aromatic carbocycles. The van der Waals surface area contributed by atoms with Gasteiger partial charge in [-0.25, -0.2) is 0 Å². The molecule has 1 aliphatic heterocycles. The van der Waals surface area contributed by atoms with Crippen LogP contribution in [0.25, 0.3) is 0 Å². The molecule has 0 aliphatic carbocycles. The van der Waals surface area contributed by atoms with E-state index in [2.05, 4.69) is 21.2 Å². The number of hydrogen-bond donors (Lipinski definition) is 1. The number of rotatable bonds is 3. The van der Waals surface area contributed by atoms with Gasteiger partial charge in [0.2, 0.25) is 11.8 Å². The topological polar surface area (TPSA) is 49.4 Å². The summed E-state index contributed by atoms with van der Waals surface area (Å²) in [5.74, 6) is -0.253. The molecular weight excluding hydrogens is 308 g/mol. The van der Waals surface area contributed by atoms with Crippen LogP contribution < -0.4 is 5.32 Å². The van der Waals surface area contributed by atoms with E-state index in [0.29, 0.717) is 19.5 Å². The van der Waals surface area contributed by atoms with Gasteiger partial charge in [-0.1, -0.05) is 15.9 Å². The van der Waals surface area contributed by atoms with Crippen molar-refractivity contribution < 1.29 is 9.59 Å². The summed E-state index contributed by atoms with van der Waals surface area (Å²) < 4.78 is 1.01. The molecule has 1 heterocycles. The number of likely N-dealkylation sites (tertiary alicyclic amines) is 1. The van der Waals surface area contributed by atoms with E-state index in [4.69, 9.17) is 0 Å². The second-order valence-electron chi connectivity index (χ2n) is 4.79. The molecular formula is C14H17BrN2O2. The van der Waals surface area contributed by atoms with Crippen LogP contribution in [0.2, 0.25) is 0 Å². The summed E-state index contributed by atoms with van der Waals surface area (Å²) in [5, 5.41) is 2.88. The van der Waals surface area contributed by atoms with Crippen LogP contribution in [0.15, 0.2) is 22.7 Å². The molecule has 1 aromatic rings. The van der Waals surface area contributed by atoms with Crippen molar-refractivity contribution in [1.82, 2.24) is 4.90 Å². The average Bonchev–Trinajstić information content (AvgIpc) is 2.75. The van der Waals surface area contributed by atoms with E-state index in [9.17, 15) is 9.59 Å². The summed E-state index contributed by atoms with van der Waals surface area (Å²) in [6.45, 7) is 5.09. The first-order chi connectivity index (χ1) is 9.01. The molecule has 0 radical (unpaired) electrons. The molecule has 0 saturated carbocycles. The Hall–Kier alpha value is -1.36. The van der Waals surface area contributed by atoms with Gasteiger partial charge < -0.3 is 10.2 Å². The van der Waals surface area contributed by atoms with Gasteiger partial charge >= 0.3 is 0 Å². The Labute approximate surface area is 121 Å². The molecule has 0 bridgehead atoms. The SMILES string of the molecule is CCN1CC(C(=O)Nc2ccc(Br)c(C)c2)CC1=O. The van der Waals surface area contributed by atoms with E-state index in [1.54, 1.807) is 4.90 Å². The van der Waals surface area contributed by atoms with Crippen molar-refractivity contribution >= 4 is 33.4 Å². The first-order valence-corrected chi connectivity index (χ1v) is 7.15. The van der Waals surface area contributed by atoms with Gasteiger partial charge in [-0.05, 0) is 37.6 Å². The van der Waals surface area contributed by atoms with E-state index >= 15 is 0 Å². The lowest BCUT2D eigenvalue weighted by molar-refractivity contribution is -0.128. The average molecular weight is 325 g/mol. The zero-order valence-corrected chi connectivity index (χ0v) is 12.7. The van der Waals surface area contributed by atoms with Gasteiger partial charge in [0.15, 0.2) is 0 Å². The smallest absolute Gasteiger partial charge is 0.229 e. The quantitative estimate of drug-likeness (QED) is 0.928. The van der Waals surface area contributed by atoms with Crippen LogP contribution in [0.5, 0.6) is 0 Å². The Bertz CT molecular complexity index is 516. The lowest BCUT2D eigenvalue weighted by Gasteiger charge is -2.14. The van der Waals surface area contributed by atoms with Gasteiger partial charge in [0, 0.05) is 29.7 Å². The number of aryl methyl sites for hydroxylation is 1. The van der Waals surface area contributed by atoms with Crippen molar-refractivity contribution in [2.75, 3.05) is 18.4 Å². The standard InChI is InChI=1S/C14H17BrN2O2/c1-3-17-8-10(7-13(17)18)14(19)16-11-4-5-12(15)9(2)6-11/h4-6,10H,3,7-8H2,1-2H3,(H,16,19). The largest absolute Gasteiger partial charge is 0.342 e. The van der Waals surface area contributed by atoms with Gasteiger partial charge in [-0.3, -0.25) is 9.59 Å². The predicted octanol–water partition coefficient (Wildman–Crippen LogP) is 2.56. The number of benzene rings is 1. The van der Waals surface area contributed by atoms with Crippen LogP contribution in [0.3, 0.4) is 0 Å². The maximum atomic E-state index is 12.1. The van der Waals surface area contributed by atoms with Gasteiger partial charge in [0.25, 0.3) is 0 Å². The highest BCUT2D eigenvalue weighted by atomic mass is 79.9. The van der Waals surface area contributed by atoms with Gasteiger partial charge in [-0.15, -0.1) is 0 Å². The first kappa shape index (κ1) is 14.1. The monoisotopic (exact) mass is 324 g/mol. The molecule has 5 heteroatoms. The number of nitrogens with zero attached hydrogens (tertiary/aromatic N) is 1. The molecule has 1 aliphatic rings. The summed E-state index contributed by atoms with van der Waals surface area (Å²) in [7, 11) is 0. The van der Waals surface area contributed by atoms with Crippen molar-refractivity contribution in [2.45, 2.75) is 20.3 Å². The summed E-state index contributed by atoms with van der Waals surface area (Å²) in [6, 6.07) is 5.67. The predicted molar refractivity (Wildman–Crippen MR) is 77.9 cm³/mol. The molecule has 4 nitrogen and oxygen atoms in total. The molecule has 1 unspecified atom stereocenters. The van der Waals surface area contributed by atoms with E-state index in [0.717, 1.165) is 15.7 Å². The highest BCUT2D eigenvalue weighted by molar-refractivity contribution is 9.10. The third-order valence-electron chi connectivity index (χ3n) is 3.39. The number of halogens is 1. The highest BCUT2D eigenvalue weighted by Crippen LogP contribution is 2.22. The van der Waals surface area contributed by atoms with Crippen LogP contribution >= 0.6 is 15.9 Å². The fourth-order valence-electron chi connectivity index (χ4n) is 2.22. The number of nitrogens with one attached hydrogen (secondary N) is 1. The van der Waals surface area contributed by atoms with Gasteiger partial charge in [-0.2, -0.15) is 0 Å². The lowest BCUT2D eigenvalue weighted by atomic mass is 10.1. The molecule has 102 valence electrons. The summed E-state index contributed by atoms with van der Waals surface area (Å²) in [6.07, 6.45) is 0.315. The normalized spacial score (nSPS) is 18.8. The van der Waals surface area contributed by atoms with E-state index < -0.39 is 0 Å². The van der Waals surface area contributed by atoms with E-state index in [-0.39, 0.29) is 17.7 Å². The number of carbonyl (C=O) groups is 2. The third-order valence-corrected chi connectivity index (χ3v) is 4.28. The Morgan fingerprint density at radius 3 is 2.84 bits per heavy atom. The summed E-state index contributed by atoms with van der Waals surface area (Å²) >= 11 is 3.42. The number of anilines is 1. The second-order valence-corrected chi connectivity index (χ2v) is 5.64. The van der Waals surface area contributed by atoms with Gasteiger partial charge in [0.1, 0.15) is 0 Å². The van der Waals surface area contributed by atoms with E-state index in [1.807, 2.05) is 32.0 Å². The summed E-state index contributed by atoms with van der Waals surface area (Å²) in [5.41, 5.74) is 1.84. The Balaban J connectivity index is 2.02. The Morgan fingerprint density at radius 2 is 2.26 bits per heavy atom. The molecule has 19 heavy (non-hydrogen) atoms. The molecule has 1 atom stereocenters. The minimum atomic E-state index is -0.239. The Morgan fingerprint density at radius 1 is 1.53 bits per heavy atom. The van der Waals surface area contributed by atoms with Crippen molar-refractivity contribution in [2.24, 2.45) is 5.92 Å². The lowest BCUT2D eigenvalue weighted by Crippen LogP contribution is -2.28. The second kappa shape index (κ2) is 5.74. The Kier molecular flexibility index (Phi) is 4.24. The molecule has 1 N–H and O–H groups in total. The summed E-state index contributed by atoms with van der Waals surface area (Å²) in [4.78, 5) is 25.4. The molecule has 2 amide bonds. The fourth-order valence-corrected chi connectivity index (χ4v) is 2.47. The molecule has 2 rings (SSSR count). The van der Waals surface area contributed by atoms with Crippen molar-refractivity contribution in [3.63, 3.8) is 0 Å². The first-order valence-electron chi connectivity index (χ1n) is 6.36. The number of amides is 2. The maximum absolute atomic E-state index is 12.1. The zero-order chi connectivity index (χ0) is 14.0. The van der Waals surface area contributed by atoms with Crippen molar-refractivity contribution in [3.8, 4) is 0 Å². The molecule has 1 fully saturated rings. The highest BCUT2D eigenvalue weighted by Gasteiger charge is 2.33. The van der Waals surface area contributed by atoms with Crippen LogP contribution in [-0.4, -0.2) is 29.8 Å². The van der Waals surface area contributed by atoms with Crippen LogP contribution in [-0.2, 0) is 9.59 Å². The van der Waals surface area contributed by atoms with Gasteiger partial charge in [0.05, 0.1) is 5.92 Å². The van der Waals surface area contributed by atoms with Crippen LogP contribution in [0, 0.1) is 12.8 Å². The zero-order valence-electron chi connectivity index (χ0n) is 11.1. The number of carbonyl (C=O) groups excluding carboxylic acids is 2. The molecule has 0 aromatic heterocycles. The van der Waals surface area contributed by atoms with Crippen LogP contribution in [0.4, 0.5) is 5.69 Å². The minimum absolute atomic E-state index is 0.0645. The van der Waals surface area contributed by atoms with Crippen molar-refractivity contribution in [3.05, 3.63) is 28.2 Å². The van der Waals surface area contributed by atoms with E-state index in [1.165, 1.54) is 0 Å². The van der Waals surface area contributed by atoms with Crippen LogP contribution in [0.1, 0.15) is 18.9 Å². The molecule has 1 saturated heterocycles. The fraction of sp³-hybridized carbons (Fsp3) is 0.429. The minimum Gasteiger partial charge on any atom is -0.342 e. The van der Waals surface area contributed by atoms with Crippen molar-refractivity contribution in [1.29, 1.82) is 0 Å². The third kappa shape index (κ3) is 3.15.